The summed E-state index contributed by atoms with van der Waals surface area (Å²) < 4.78 is 0. The van der Waals surface area contributed by atoms with Crippen LogP contribution in [0.15, 0.2) is 54.6 Å². The van der Waals surface area contributed by atoms with Gasteiger partial charge in [-0.15, -0.1) is 0 Å². The molecule has 1 heterocycles. The molecule has 0 radical (unpaired) electrons. The van der Waals surface area contributed by atoms with E-state index in [1.165, 1.54) is 0 Å². The van der Waals surface area contributed by atoms with Crippen LogP contribution >= 0.6 is 0 Å². The summed E-state index contributed by atoms with van der Waals surface area (Å²) in [5.74, 6) is 0.197. The molecule has 5 nitrogen and oxygen atoms in total. The first-order chi connectivity index (χ1) is 12.5. The topological polar surface area (TPSA) is 66.9 Å². The third-order valence-corrected chi connectivity index (χ3v) is 3.86. The van der Waals surface area contributed by atoms with Crippen molar-refractivity contribution in [1.29, 1.82) is 0 Å². The van der Waals surface area contributed by atoms with Crippen molar-refractivity contribution in [1.82, 2.24) is 9.97 Å². The minimum absolute atomic E-state index is 0.247. The number of rotatable bonds is 5. The number of nitrogens with one attached hydrogen (secondary N) is 2. The Morgan fingerprint density at radius 1 is 0.923 bits per heavy atom. The van der Waals surface area contributed by atoms with E-state index in [0.29, 0.717) is 18.2 Å². The van der Waals surface area contributed by atoms with Gasteiger partial charge < -0.3 is 10.6 Å². The summed E-state index contributed by atoms with van der Waals surface area (Å²) in [5.41, 5.74) is 5.17. The molecule has 26 heavy (non-hydrogen) atoms. The number of aryl methyl sites for hydroxylation is 3. The van der Waals surface area contributed by atoms with Crippen molar-refractivity contribution in [2.75, 3.05) is 10.6 Å². The first kappa shape index (κ1) is 17.6. The van der Waals surface area contributed by atoms with Crippen LogP contribution in [0.5, 0.6) is 0 Å². The first-order valence-electron chi connectivity index (χ1n) is 8.53. The van der Waals surface area contributed by atoms with Gasteiger partial charge in [-0.05, 0) is 55.7 Å². The van der Waals surface area contributed by atoms with Gasteiger partial charge in [-0.25, -0.2) is 9.97 Å². The second-order valence-corrected chi connectivity index (χ2v) is 6.39. The molecule has 3 aromatic rings. The molecular weight excluding hydrogens is 324 g/mol. The maximum absolute atomic E-state index is 12.6. The molecule has 0 atom stereocenters. The van der Waals surface area contributed by atoms with Crippen LogP contribution in [-0.4, -0.2) is 15.9 Å². The molecule has 1 aromatic heterocycles. The third-order valence-electron chi connectivity index (χ3n) is 3.86. The number of carbonyl (C=O) groups is 1. The van der Waals surface area contributed by atoms with Crippen LogP contribution in [0.25, 0.3) is 0 Å². The lowest BCUT2D eigenvalue weighted by Gasteiger charge is -2.10. The average Bonchev–Trinajstić information content (AvgIpc) is 2.59. The number of benzene rings is 2. The largest absolute Gasteiger partial charge is 0.350 e. The van der Waals surface area contributed by atoms with E-state index < -0.39 is 0 Å². The molecule has 5 heteroatoms. The normalized spacial score (nSPS) is 10.4. The Kier molecular flexibility index (Phi) is 5.27. The number of hydrogen-bond acceptors (Lipinski definition) is 4. The van der Waals surface area contributed by atoms with Crippen molar-refractivity contribution in [3.8, 4) is 0 Å². The fourth-order valence-corrected chi connectivity index (χ4v) is 2.78. The van der Waals surface area contributed by atoms with Crippen LogP contribution in [0.1, 0.15) is 32.9 Å². The number of aromatic nitrogens is 2. The van der Waals surface area contributed by atoms with E-state index in [9.17, 15) is 4.79 Å². The molecule has 1 amide bonds. The predicted octanol–water partition coefficient (Wildman–Crippen LogP) is 4.27. The van der Waals surface area contributed by atoms with Crippen molar-refractivity contribution in [2.45, 2.75) is 27.3 Å². The van der Waals surface area contributed by atoms with Gasteiger partial charge in [0.1, 0.15) is 5.69 Å². The van der Waals surface area contributed by atoms with E-state index in [1.54, 1.807) is 6.07 Å². The molecule has 0 fully saturated rings. The summed E-state index contributed by atoms with van der Waals surface area (Å²) in [6.45, 7) is 6.46. The summed E-state index contributed by atoms with van der Waals surface area (Å²) in [7, 11) is 0. The molecule has 0 saturated carbocycles. The zero-order valence-corrected chi connectivity index (χ0v) is 15.2. The number of hydrogen-bond donors (Lipinski definition) is 2. The molecular formula is C21H22N4O. The monoisotopic (exact) mass is 346 g/mol. The van der Waals surface area contributed by atoms with Gasteiger partial charge in [-0.1, -0.05) is 36.4 Å². The summed E-state index contributed by atoms with van der Waals surface area (Å²) in [5, 5.41) is 6.09. The quantitative estimate of drug-likeness (QED) is 0.724. The maximum Gasteiger partial charge on any atom is 0.274 e. The summed E-state index contributed by atoms with van der Waals surface area (Å²) in [6.07, 6.45) is 0. The van der Waals surface area contributed by atoms with E-state index in [1.807, 2.05) is 63.2 Å². The lowest BCUT2D eigenvalue weighted by atomic mass is 10.1. The minimum Gasteiger partial charge on any atom is -0.350 e. The van der Waals surface area contributed by atoms with Crippen molar-refractivity contribution < 1.29 is 4.79 Å². The van der Waals surface area contributed by atoms with Crippen molar-refractivity contribution in [3.05, 3.63) is 82.7 Å². The number of carbonyl (C=O) groups excluding carboxylic acids is 1. The Morgan fingerprint density at radius 3 is 2.31 bits per heavy atom. The fourth-order valence-electron chi connectivity index (χ4n) is 2.78. The van der Waals surface area contributed by atoms with Gasteiger partial charge in [0.15, 0.2) is 0 Å². The number of anilines is 2. The van der Waals surface area contributed by atoms with Gasteiger partial charge in [-0.3, -0.25) is 4.79 Å². The van der Waals surface area contributed by atoms with E-state index in [4.69, 9.17) is 0 Å². The Balaban J connectivity index is 1.74. The van der Waals surface area contributed by atoms with Gasteiger partial charge in [0, 0.05) is 17.9 Å². The highest BCUT2D eigenvalue weighted by Crippen LogP contribution is 2.15. The van der Waals surface area contributed by atoms with Crippen molar-refractivity contribution in [3.63, 3.8) is 0 Å². The van der Waals surface area contributed by atoms with E-state index in [-0.39, 0.29) is 5.91 Å². The zero-order valence-electron chi connectivity index (χ0n) is 15.2. The molecule has 3 rings (SSSR count). The van der Waals surface area contributed by atoms with Crippen LogP contribution in [-0.2, 0) is 6.54 Å². The molecule has 0 bridgehead atoms. The average molecular weight is 346 g/mol. The molecule has 132 valence electrons. The van der Waals surface area contributed by atoms with Gasteiger partial charge in [0.05, 0.1) is 0 Å². The molecule has 2 aromatic carbocycles. The molecule has 0 spiro atoms. The standard InChI is InChI=1S/C21H22N4O/c1-14-9-15(2)11-18(10-14)24-20(26)19-12-16(3)23-21(25-19)22-13-17-7-5-4-6-8-17/h4-12H,13H2,1-3H3,(H,24,26)(H,22,23,25). The van der Waals surface area contributed by atoms with Crippen molar-refractivity contribution >= 4 is 17.5 Å². The Bertz CT molecular complexity index is 902. The van der Waals surface area contributed by atoms with Crippen LogP contribution in [0.3, 0.4) is 0 Å². The van der Waals surface area contributed by atoms with Crippen LogP contribution in [0.2, 0.25) is 0 Å². The van der Waals surface area contributed by atoms with E-state index >= 15 is 0 Å². The summed E-state index contributed by atoms with van der Waals surface area (Å²) in [6, 6.07) is 17.6. The van der Waals surface area contributed by atoms with E-state index in [0.717, 1.165) is 28.1 Å². The van der Waals surface area contributed by atoms with Gasteiger partial charge in [-0.2, -0.15) is 0 Å². The highest BCUT2D eigenvalue weighted by molar-refractivity contribution is 6.03. The zero-order chi connectivity index (χ0) is 18.5. The smallest absolute Gasteiger partial charge is 0.274 e. The molecule has 2 N–H and O–H groups in total. The lowest BCUT2D eigenvalue weighted by molar-refractivity contribution is 0.102. The molecule has 0 aliphatic carbocycles. The van der Waals surface area contributed by atoms with Gasteiger partial charge in [0.25, 0.3) is 5.91 Å². The number of amides is 1. The van der Waals surface area contributed by atoms with Crippen LogP contribution < -0.4 is 10.6 Å². The maximum atomic E-state index is 12.6. The molecule has 0 aliphatic rings. The number of nitrogens with zero attached hydrogens (tertiary/aromatic N) is 2. The Labute approximate surface area is 153 Å². The predicted molar refractivity (Wildman–Crippen MR) is 104 cm³/mol. The summed E-state index contributed by atoms with van der Waals surface area (Å²) in [4.78, 5) is 21.3. The highest BCUT2D eigenvalue weighted by atomic mass is 16.1. The minimum atomic E-state index is -0.247. The Hall–Kier alpha value is -3.21. The molecule has 0 saturated heterocycles. The van der Waals surface area contributed by atoms with Crippen molar-refractivity contribution in [2.24, 2.45) is 0 Å². The third kappa shape index (κ3) is 4.66. The van der Waals surface area contributed by atoms with Crippen LogP contribution in [0.4, 0.5) is 11.6 Å². The SMILES string of the molecule is Cc1cc(C)cc(NC(=O)c2cc(C)nc(NCc3ccccc3)n2)c1. The van der Waals surface area contributed by atoms with Gasteiger partial charge in [0.2, 0.25) is 5.95 Å². The second-order valence-electron chi connectivity index (χ2n) is 6.39. The first-order valence-corrected chi connectivity index (χ1v) is 8.53. The molecule has 0 aliphatic heterocycles. The molecule has 0 unspecified atom stereocenters. The summed E-state index contributed by atoms with van der Waals surface area (Å²) >= 11 is 0. The fraction of sp³-hybridized carbons (Fsp3) is 0.190. The van der Waals surface area contributed by atoms with Gasteiger partial charge >= 0.3 is 0 Å². The second kappa shape index (κ2) is 7.78. The van der Waals surface area contributed by atoms with Crippen LogP contribution in [0, 0.1) is 20.8 Å². The highest BCUT2D eigenvalue weighted by Gasteiger charge is 2.11. The van der Waals surface area contributed by atoms with E-state index in [2.05, 4.69) is 26.7 Å². The lowest BCUT2D eigenvalue weighted by Crippen LogP contribution is -2.16. The Morgan fingerprint density at radius 2 is 1.62 bits per heavy atom.